The van der Waals surface area contributed by atoms with Gasteiger partial charge in [0.15, 0.2) is 5.79 Å². The summed E-state index contributed by atoms with van der Waals surface area (Å²) in [5, 5.41) is 0. The third-order valence-corrected chi connectivity index (χ3v) is 6.04. The summed E-state index contributed by atoms with van der Waals surface area (Å²) in [6.07, 6.45) is 0.972. The summed E-state index contributed by atoms with van der Waals surface area (Å²) in [7, 11) is -3.72. The second-order valence-corrected chi connectivity index (χ2v) is 9.00. The van der Waals surface area contributed by atoms with Crippen LogP contribution in [0.2, 0.25) is 0 Å². The summed E-state index contributed by atoms with van der Waals surface area (Å²) in [4.78, 5) is 0.175. The van der Waals surface area contributed by atoms with Crippen molar-refractivity contribution in [2.45, 2.75) is 43.5 Å². The maximum absolute atomic E-state index is 12.2. The van der Waals surface area contributed by atoms with Crippen LogP contribution in [0, 0.1) is 5.41 Å². The van der Waals surface area contributed by atoms with Crippen molar-refractivity contribution >= 4 is 26.0 Å². The molecule has 1 aromatic carbocycles. The molecule has 3 rings (SSSR count). The van der Waals surface area contributed by atoms with Gasteiger partial charge >= 0.3 is 0 Å². The smallest absolute Gasteiger partial charge is 0.297 e. The van der Waals surface area contributed by atoms with Gasteiger partial charge in [-0.1, -0.05) is 15.9 Å². The summed E-state index contributed by atoms with van der Waals surface area (Å²) in [5.74, 6) is -0.555. The number of rotatable bonds is 3. The summed E-state index contributed by atoms with van der Waals surface area (Å²) >= 11 is 3.28. The average Bonchev–Trinajstić information content (AvgIpc) is 2.40. The summed E-state index contributed by atoms with van der Waals surface area (Å²) in [5.41, 5.74) is -0.102. The Morgan fingerprint density at radius 2 is 1.68 bits per heavy atom. The lowest BCUT2D eigenvalue weighted by atomic mass is 9.67. The minimum atomic E-state index is -3.72. The number of halogens is 1. The van der Waals surface area contributed by atoms with Crippen LogP contribution < -0.4 is 0 Å². The van der Waals surface area contributed by atoms with Crippen molar-refractivity contribution in [1.82, 2.24) is 0 Å². The molecule has 0 aromatic heterocycles. The molecule has 1 heterocycles. The molecule has 1 spiro atoms. The zero-order valence-electron chi connectivity index (χ0n) is 12.5. The Bertz CT molecular complexity index is 635. The zero-order valence-corrected chi connectivity index (χ0v) is 14.9. The van der Waals surface area contributed by atoms with E-state index in [0.717, 1.165) is 4.47 Å². The van der Waals surface area contributed by atoms with Gasteiger partial charge in [-0.3, -0.25) is 4.18 Å². The van der Waals surface area contributed by atoms with Gasteiger partial charge in [-0.05, 0) is 51.0 Å². The fourth-order valence-corrected chi connectivity index (χ4v) is 4.12. The molecule has 2 fully saturated rings. The first-order valence-corrected chi connectivity index (χ1v) is 9.37. The first kappa shape index (κ1) is 16.4. The Kier molecular flexibility index (Phi) is 4.14. The van der Waals surface area contributed by atoms with Gasteiger partial charge in [0.05, 0.1) is 24.2 Å². The highest BCUT2D eigenvalue weighted by Crippen LogP contribution is 2.47. The van der Waals surface area contributed by atoms with Crippen LogP contribution in [-0.2, 0) is 23.8 Å². The third-order valence-electron chi connectivity index (χ3n) is 4.14. The van der Waals surface area contributed by atoms with Crippen molar-refractivity contribution in [3.8, 4) is 0 Å². The van der Waals surface area contributed by atoms with Gasteiger partial charge in [-0.15, -0.1) is 0 Å². The lowest BCUT2D eigenvalue weighted by molar-refractivity contribution is -0.306. The molecule has 1 aromatic rings. The lowest BCUT2D eigenvalue weighted by Gasteiger charge is -2.51. The van der Waals surface area contributed by atoms with Crippen LogP contribution in [0.4, 0.5) is 0 Å². The van der Waals surface area contributed by atoms with E-state index < -0.39 is 15.9 Å². The molecule has 0 radical (unpaired) electrons. The fourth-order valence-electron chi connectivity index (χ4n) is 2.78. The summed E-state index contributed by atoms with van der Waals surface area (Å²) in [6.45, 7) is 4.92. The topological polar surface area (TPSA) is 61.8 Å². The minimum absolute atomic E-state index is 0.102. The van der Waals surface area contributed by atoms with E-state index in [0.29, 0.717) is 26.1 Å². The molecule has 0 unspecified atom stereocenters. The highest BCUT2D eigenvalue weighted by molar-refractivity contribution is 9.10. The van der Waals surface area contributed by atoms with E-state index in [4.69, 9.17) is 13.7 Å². The normalized spacial score (nSPS) is 24.1. The van der Waals surface area contributed by atoms with E-state index in [1.165, 1.54) is 12.1 Å². The molecule has 22 heavy (non-hydrogen) atoms. The Labute approximate surface area is 139 Å². The van der Waals surface area contributed by atoms with Gasteiger partial charge in [0.1, 0.15) is 0 Å². The molecule has 122 valence electrons. The second kappa shape index (κ2) is 5.56. The standard InChI is InChI=1S/C15H19BrO5S/c1-14(2)19-9-15(10-20-14)7-12(8-15)21-22(17,18)13-5-3-11(16)4-6-13/h3-6,12H,7-10H2,1-2H3. The molecule has 0 bridgehead atoms. The van der Waals surface area contributed by atoms with Gasteiger partial charge in [0.2, 0.25) is 0 Å². The summed E-state index contributed by atoms with van der Waals surface area (Å²) < 4.78 is 41.9. The van der Waals surface area contributed by atoms with Gasteiger partial charge in [0, 0.05) is 9.89 Å². The number of hydrogen-bond acceptors (Lipinski definition) is 5. The van der Waals surface area contributed by atoms with Crippen LogP contribution in [0.5, 0.6) is 0 Å². The monoisotopic (exact) mass is 390 g/mol. The molecule has 1 aliphatic heterocycles. The van der Waals surface area contributed by atoms with E-state index in [9.17, 15) is 8.42 Å². The number of hydrogen-bond donors (Lipinski definition) is 0. The maximum Gasteiger partial charge on any atom is 0.297 e. The van der Waals surface area contributed by atoms with Crippen molar-refractivity contribution < 1.29 is 22.1 Å². The quantitative estimate of drug-likeness (QED) is 0.742. The van der Waals surface area contributed by atoms with Crippen LogP contribution in [0.15, 0.2) is 33.6 Å². The molecule has 5 nitrogen and oxygen atoms in total. The van der Waals surface area contributed by atoms with Crippen molar-refractivity contribution in [2.75, 3.05) is 13.2 Å². The van der Waals surface area contributed by atoms with Gasteiger partial charge in [-0.2, -0.15) is 8.42 Å². The highest BCUT2D eigenvalue weighted by Gasteiger charge is 2.51. The molecule has 0 N–H and O–H groups in total. The predicted octanol–water partition coefficient (Wildman–Crippen LogP) is 3.09. The molecule has 1 saturated heterocycles. The number of benzene rings is 1. The highest BCUT2D eigenvalue weighted by atomic mass is 79.9. The van der Waals surface area contributed by atoms with Crippen molar-refractivity contribution in [1.29, 1.82) is 0 Å². The van der Waals surface area contributed by atoms with E-state index >= 15 is 0 Å². The SMILES string of the molecule is CC1(C)OCC2(CO1)CC(OS(=O)(=O)c1ccc(Br)cc1)C2. The molecule has 0 atom stereocenters. The molecule has 7 heteroatoms. The van der Waals surface area contributed by atoms with Gasteiger partial charge in [0.25, 0.3) is 10.1 Å². The van der Waals surface area contributed by atoms with Crippen molar-refractivity contribution in [2.24, 2.45) is 5.41 Å². The Balaban J connectivity index is 1.59. The zero-order chi connectivity index (χ0) is 16.0. The van der Waals surface area contributed by atoms with Crippen molar-refractivity contribution in [3.63, 3.8) is 0 Å². The average molecular weight is 391 g/mol. The molecule has 1 aliphatic carbocycles. The first-order valence-electron chi connectivity index (χ1n) is 7.17. The lowest BCUT2D eigenvalue weighted by Crippen LogP contribution is -2.55. The van der Waals surface area contributed by atoms with Crippen LogP contribution in [0.3, 0.4) is 0 Å². The minimum Gasteiger partial charge on any atom is -0.350 e. The van der Waals surface area contributed by atoms with Gasteiger partial charge in [-0.25, -0.2) is 0 Å². The fraction of sp³-hybridized carbons (Fsp3) is 0.600. The summed E-state index contributed by atoms with van der Waals surface area (Å²) in [6, 6.07) is 6.43. The molecular formula is C15H19BrO5S. The predicted molar refractivity (Wildman–Crippen MR) is 83.9 cm³/mol. The van der Waals surface area contributed by atoms with Crippen LogP contribution >= 0.6 is 15.9 Å². The van der Waals surface area contributed by atoms with E-state index in [2.05, 4.69) is 15.9 Å². The maximum atomic E-state index is 12.2. The van der Waals surface area contributed by atoms with Gasteiger partial charge < -0.3 is 9.47 Å². The third kappa shape index (κ3) is 3.38. The van der Waals surface area contributed by atoms with Crippen LogP contribution in [0.25, 0.3) is 0 Å². The van der Waals surface area contributed by atoms with Crippen molar-refractivity contribution in [3.05, 3.63) is 28.7 Å². The Morgan fingerprint density at radius 1 is 1.14 bits per heavy atom. The van der Waals surface area contributed by atoms with Crippen LogP contribution in [-0.4, -0.2) is 33.5 Å². The molecule has 0 amide bonds. The second-order valence-electron chi connectivity index (χ2n) is 6.51. The van der Waals surface area contributed by atoms with E-state index in [1.807, 2.05) is 13.8 Å². The molecule has 1 saturated carbocycles. The Morgan fingerprint density at radius 3 is 2.23 bits per heavy atom. The molecule has 2 aliphatic rings. The van der Waals surface area contributed by atoms with Crippen LogP contribution in [0.1, 0.15) is 26.7 Å². The van der Waals surface area contributed by atoms with E-state index in [1.54, 1.807) is 12.1 Å². The Hall–Kier alpha value is -0.470. The number of ether oxygens (including phenoxy) is 2. The molecular weight excluding hydrogens is 372 g/mol. The first-order chi connectivity index (χ1) is 10.2. The largest absolute Gasteiger partial charge is 0.350 e. The van der Waals surface area contributed by atoms with E-state index in [-0.39, 0.29) is 16.4 Å².